The summed E-state index contributed by atoms with van der Waals surface area (Å²) in [5.41, 5.74) is 1.05. The number of aryl methyl sites for hydroxylation is 1. The summed E-state index contributed by atoms with van der Waals surface area (Å²) in [7, 11) is 0. The van der Waals surface area contributed by atoms with E-state index in [9.17, 15) is 10.4 Å². The van der Waals surface area contributed by atoms with E-state index in [-0.39, 0.29) is 6.04 Å². The summed E-state index contributed by atoms with van der Waals surface area (Å²) in [5, 5.41) is 23.7. The third-order valence-electron chi connectivity index (χ3n) is 3.75. The second kappa shape index (κ2) is 5.55. The van der Waals surface area contributed by atoms with Crippen LogP contribution in [0.3, 0.4) is 0 Å². The fraction of sp³-hybridized carbons (Fsp3) is 0.429. The number of nitrogens with zero attached hydrogens (tertiary/aromatic N) is 5. The van der Waals surface area contributed by atoms with Gasteiger partial charge >= 0.3 is 0 Å². The van der Waals surface area contributed by atoms with Gasteiger partial charge in [0.05, 0.1) is 16.7 Å². The Morgan fingerprint density at radius 2 is 2.27 bits per heavy atom. The van der Waals surface area contributed by atoms with E-state index in [2.05, 4.69) is 21.2 Å². The molecule has 0 saturated carbocycles. The molecule has 0 amide bonds. The van der Waals surface area contributed by atoms with Crippen molar-refractivity contribution >= 4 is 17.4 Å². The van der Waals surface area contributed by atoms with Crippen LogP contribution in [0, 0.1) is 25.2 Å². The largest absolute Gasteiger partial charge is 0.391 e. The number of β-amino-alcohol motifs (C(OH)–C–C–N with tert-alkyl or cyclic N) is 1. The van der Waals surface area contributed by atoms with Gasteiger partial charge in [0.15, 0.2) is 5.82 Å². The summed E-state index contributed by atoms with van der Waals surface area (Å²) in [6.07, 6.45) is 1.39. The average Bonchev–Trinajstić information content (AvgIpc) is 3.07. The van der Waals surface area contributed by atoms with Crippen molar-refractivity contribution in [2.24, 2.45) is 0 Å². The molecule has 1 saturated heterocycles. The van der Waals surface area contributed by atoms with Gasteiger partial charge in [0.2, 0.25) is 5.89 Å². The molecular formula is C14H14ClN5O2. The van der Waals surface area contributed by atoms with Crippen molar-refractivity contribution in [2.45, 2.75) is 32.4 Å². The Kier molecular flexibility index (Phi) is 3.72. The normalized spacial score (nSPS) is 21.1. The van der Waals surface area contributed by atoms with E-state index in [0.717, 1.165) is 0 Å². The zero-order valence-corrected chi connectivity index (χ0v) is 12.9. The predicted molar refractivity (Wildman–Crippen MR) is 78.4 cm³/mol. The molecule has 114 valence electrons. The van der Waals surface area contributed by atoms with Crippen LogP contribution in [0.25, 0.3) is 0 Å². The molecule has 7 nitrogen and oxygen atoms in total. The van der Waals surface area contributed by atoms with Gasteiger partial charge in [-0.15, -0.1) is 0 Å². The van der Waals surface area contributed by atoms with Gasteiger partial charge in [0.25, 0.3) is 0 Å². The molecule has 1 aliphatic heterocycles. The van der Waals surface area contributed by atoms with E-state index in [0.29, 0.717) is 46.6 Å². The minimum Gasteiger partial charge on any atom is -0.391 e. The fourth-order valence-electron chi connectivity index (χ4n) is 2.65. The first-order valence-corrected chi connectivity index (χ1v) is 7.19. The molecule has 0 bridgehead atoms. The summed E-state index contributed by atoms with van der Waals surface area (Å²) in [6, 6.07) is 1.83. The summed E-state index contributed by atoms with van der Waals surface area (Å²) in [4.78, 5) is 10.3. The Bertz CT molecular complexity index is 754. The van der Waals surface area contributed by atoms with Gasteiger partial charge in [0.1, 0.15) is 17.9 Å². The van der Waals surface area contributed by atoms with Crippen molar-refractivity contribution in [2.75, 3.05) is 11.4 Å². The predicted octanol–water partition coefficient (Wildman–Crippen LogP) is 1.92. The Balaban J connectivity index is 2.06. The molecule has 2 atom stereocenters. The Labute approximate surface area is 132 Å². The van der Waals surface area contributed by atoms with Crippen LogP contribution >= 0.6 is 11.6 Å². The SMILES string of the molecule is Cc1noc([C@H]2C[C@H](O)CN2c2ncc(Cl)c(C)c2C#N)n1. The number of pyridine rings is 1. The van der Waals surface area contributed by atoms with Gasteiger partial charge in [-0.2, -0.15) is 10.2 Å². The minimum absolute atomic E-state index is 0.309. The zero-order chi connectivity index (χ0) is 15.9. The van der Waals surface area contributed by atoms with Crippen molar-refractivity contribution in [3.05, 3.63) is 34.1 Å². The first-order valence-electron chi connectivity index (χ1n) is 6.81. The van der Waals surface area contributed by atoms with Crippen molar-refractivity contribution in [1.82, 2.24) is 15.1 Å². The molecule has 0 aliphatic carbocycles. The number of aromatic nitrogens is 3. The van der Waals surface area contributed by atoms with E-state index in [1.54, 1.807) is 13.8 Å². The highest BCUT2D eigenvalue weighted by Crippen LogP contribution is 2.37. The lowest BCUT2D eigenvalue weighted by Gasteiger charge is -2.24. The summed E-state index contributed by atoms with van der Waals surface area (Å²) in [6.45, 7) is 3.84. The maximum absolute atomic E-state index is 10.0. The third kappa shape index (κ3) is 2.40. The van der Waals surface area contributed by atoms with Crippen LogP contribution in [0.4, 0.5) is 5.82 Å². The molecule has 8 heteroatoms. The molecule has 0 spiro atoms. The maximum atomic E-state index is 10.0. The van der Waals surface area contributed by atoms with Gasteiger partial charge in [-0.05, 0) is 19.4 Å². The molecule has 0 aromatic carbocycles. The summed E-state index contributed by atoms with van der Waals surface area (Å²) < 4.78 is 5.23. The molecule has 3 rings (SSSR count). The van der Waals surface area contributed by atoms with Crippen molar-refractivity contribution in [3.63, 3.8) is 0 Å². The highest BCUT2D eigenvalue weighted by molar-refractivity contribution is 6.31. The minimum atomic E-state index is -0.554. The van der Waals surface area contributed by atoms with E-state index >= 15 is 0 Å². The number of hydrogen-bond acceptors (Lipinski definition) is 7. The number of rotatable bonds is 2. The van der Waals surface area contributed by atoms with Crippen molar-refractivity contribution in [3.8, 4) is 6.07 Å². The molecule has 2 aromatic heterocycles. The molecule has 1 N–H and O–H groups in total. The van der Waals surface area contributed by atoms with E-state index in [1.807, 2.05) is 4.90 Å². The summed E-state index contributed by atoms with van der Waals surface area (Å²) >= 11 is 6.03. The molecule has 3 heterocycles. The quantitative estimate of drug-likeness (QED) is 0.902. The van der Waals surface area contributed by atoms with Crippen LogP contribution in [-0.2, 0) is 0 Å². The highest BCUT2D eigenvalue weighted by Gasteiger charge is 2.38. The number of anilines is 1. The molecule has 2 aromatic rings. The van der Waals surface area contributed by atoms with Crippen LogP contribution in [0.5, 0.6) is 0 Å². The van der Waals surface area contributed by atoms with Gasteiger partial charge in [0, 0.05) is 19.2 Å². The molecule has 0 radical (unpaired) electrons. The highest BCUT2D eigenvalue weighted by atomic mass is 35.5. The van der Waals surface area contributed by atoms with E-state index < -0.39 is 6.10 Å². The Hall–Kier alpha value is -2.17. The van der Waals surface area contributed by atoms with Gasteiger partial charge < -0.3 is 14.5 Å². The van der Waals surface area contributed by atoms with E-state index in [1.165, 1.54) is 6.20 Å². The zero-order valence-electron chi connectivity index (χ0n) is 12.1. The first-order chi connectivity index (χ1) is 10.5. The van der Waals surface area contributed by atoms with E-state index in [4.69, 9.17) is 16.1 Å². The maximum Gasteiger partial charge on any atom is 0.249 e. The third-order valence-corrected chi connectivity index (χ3v) is 4.13. The summed E-state index contributed by atoms with van der Waals surface area (Å²) in [5.74, 6) is 1.41. The lowest BCUT2D eigenvalue weighted by molar-refractivity contribution is 0.191. The molecule has 22 heavy (non-hydrogen) atoms. The van der Waals surface area contributed by atoms with Crippen LogP contribution < -0.4 is 4.90 Å². The topological polar surface area (TPSA) is 99.1 Å². The van der Waals surface area contributed by atoms with Crippen LogP contribution in [-0.4, -0.2) is 32.9 Å². The van der Waals surface area contributed by atoms with Gasteiger partial charge in [-0.1, -0.05) is 16.8 Å². The van der Waals surface area contributed by atoms with Crippen molar-refractivity contribution in [1.29, 1.82) is 5.26 Å². The average molecular weight is 320 g/mol. The lowest BCUT2D eigenvalue weighted by atomic mass is 10.1. The number of aliphatic hydroxyl groups is 1. The van der Waals surface area contributed by atoms with Gasteiger partial charge in [-0.25, -0.2) is 4.98 Å². The fourth-order valence-corrected chi connectivity index (χ4v) is 2.79. The smallest absolute Gasteiger partial charge is 0.249 e. The number of nitriles is 1. The van der Waals surface area contributed by atoms with Crippen LogP contribution in [0.15, 0.2) is 10.7 Å². The second-order valence-corrected chi connectivity index (χ2v) is 5.69. The van der Waals surface area contributed by atoms with Crippen molar-refractivity contribution < 1.29 is 9.63 Å². The van der Waals surface area contributed by atoms with Crippen LogP contribution in [0.1, 0.15) is 35.3 Å². The Morgan fingerprint density at radius 1 is 1.50 bits per heavy atom. The van der Waals surface area contributed by atoms with Crippen LogP contribution in [0.2, 0.25) is 5.02 Å². The molecular weight excluding hydrogens is 306 g/mol. The molecule has 1 aliphatic rings. The number of hydrogen-bond donors (Lipinski definition) is 1. The Morgan fingerprint density at radius 3 is 2.91 bits per heavy atom. The lowest BCUT2D eigenvalue weighted by Crippen LogP contribution is -2.26. The van der Waals surface area contributed by atoms with Gasteiger partial charge in [-0.3, -0.25) is 0 Å². The monoisotopic (exact) mass is 319 g/mol. The molecule has 1 fully saturated rings. The first kappa shape index (κ1) is 14.8. The standard InChI is InChI=1S/C14H14ClN5O2/c1-7-10(4-16)13(17-5-11(7)15)20-6-9(21)3-12(20)14-18-8(2)19-22-14/h5,9,12,21H,3,6H2,1-2H3/t9-,12+/m0/s1. The second-order valence-electron chi connectivity index (χ2n) is 5.28. The number of aliphatic hydroxyl groups excluding tert-OH is 1. The molecule has 0 unspecified atom stereocenters. The number of halogens is 1.